The molecule has 5 heteroatoms. The Hall–Kier alpha value is -1.07. The number of hydrogen-bond acceptors (Lipinski definition) is 5. The third kappa shape index (κ3) is 5.70. The van der Waals surface area contributed by atoms with Crippen LogP contribution in [0.25, 0.3) is 0 Å². The number of rotatable bonds is 5. The number of ether oxygens (including phenoxy) is 1. The maximum Gasteiger partial charge on any atom is 0.254 e. The van der Waals surface area contributed by atoms with Gasteiger partial charge in [-0.15, -0.1) is 0 Å². The smallest absolute Gasteiger partial charge is 0.254 e. The first kappa shape index (κ1) is 10.9. The Labute approximate surface area is 70.5 Å². The van der Waals surface area contributed by atoms with Crippen molar-refractivity contribution in [3.05, 3.63) is 12.7 Å². The maximum atomic E-state index is 9.90. The summed E-state index contributed by atoms with van der Waals surface area (Å²) in [6, 6.07) is 0. The van der Waals surface area contributed by atoms with Crippen LogP contribution in [0, 0.1) is 0 Å². The molecule has 1 unspecified atom stereocenters. The van der Waals surface area contributed by atoms with Crippen LogP contribution in [-0.2, 0) is 14.5 Å². The molecule has 0 spiro atoms. The van der Waals surface area contributed by atoms with Crippen molar-refractivity contribution in [3.63, 3.8) is 0 Å². The molecule has 12 heavy (non-hydrogen) atoms. The van der Waals surface area contributed by atoms with Crippen molar-refractivity contribution >= 4 is 6.16 Å². The minimum atomic E-state index is -1.69. The Morgan fingerprint density at radius 3 is 2.42 bits per heavy atom. The molecule has 0 heterocycles. The van der Waals surface area contributed by atoms with E-state index in [-0.39, 0.29) is 6.10 Å². The molecule has 1 atom stereocenters. The van der Waals surface area contributed by atoms with Crippen LogP contribution in [-0.4, -0.2) is 18.5 Å². The fourth-order valence-electron chi connectivity index (χ4n) is 0.368. The van der Waals surface area contributed by atoms with Crippen molar-refractivity contribution in [2.24, 2.45) is 0 Å². The zero-order valence-electron chi connectivity index (χ0n) is 6.98. The molecular weight excluding hydrogens is 164 g/mol. The van der Waals surface area contributed by atoms with Gasteiger partial charge in [0.25, 0.3) is 6.16 Å². The van der Waals surface area contributed by atoms with Crippen LogP contribution in [0.2, 0.25) is 0 Å². The third-order valence-corrected chi connectivity index (χ3v) is 0.748. The quantitative estimate of drug-likeness (QED) is 0.196. The maximum absolute atomic E-state index is 9.90. The van der Waals surface area contributed by atoms with Crippen LogP contribution in [0.4, 0.5) is 4.79 Å². The molecule has 0 aromatic heterocycles. The average Bonchev–Trinajstić information content (AvgIpc) is 1.97. The topological polar surface area (TPSA) is 67.8 Å². The summed E-state index contributed by atoms with van der Waals surface area (Å²) in [5, 5.41) is 9.90. The van der Waals surface area contributed by atoms with Gasteiger partial charge in [-0.3, -0.25) is 0 Å². The van der Waals surface area contributed by atoms with Gasteiger partial charge in [-0.05, 0) is 19.9 Å². The molecule has 0 aromatic rings. The van der Waals surface area contributed by atoms with E-state index in [9.17, 15) is 9.90 Å². The summed E-state index contributed by atoms with van der Waals surface area (Å²) in [6.45, 7) is 6.71. The highest BCUT2D eigenvalue weighted by atomic mass is 17.2. The second-order valence-electron chi connectivity index (χ2n) is 2.21. The van der Waals surface area contributed by atoms with Gasteiger partial charge in [-0.2, -0.15) is 0 Å². The van der Waals surface area contributed by atoms with E-state index >= 15 is 0 Å². The first-order chi connectivity index (χ1) is 5.56. The molecule has 0 bridgehead atoms. The highest BCUT2D eigenvalue weighted by Crippen LogP contribution is 1.99. The monoisotopic (exact) mass is 175 g/mol. The number of hydrogen-bond donors (Lipinski definition) is 0. The van der Waals surface area contributed by atoms with E-state index in [1.165, 1.54) is 0 Å². The molecule has 0 saturated heterocycles. The summed E-state index contributed by atoms with van der Waals surface area (Å²) < 4.78 is 4.09. The molecule has 5 nitrogen and oxygen atoms in total. The lowest BCUT2D eigenvalue weighted by Crippen LogP contribution is -2.30. The first-order valence-electron chi connectivity index (χ1n) is 3.38. The minimum absolute atomic E-state index is 0.183. The van der Waals surface area contributed by atoms with Crippen LogP contribution < -0.4 is 5.11 Å². The Balaban J connectivity index is 3.67. The van der Waals surface area contributed by atoms with Gasteiger partial charge in [0.1, 0.15) is 0 Å². The molecule has 0 rings (SSSR count). The van der Waals surface area contributed by atoms with E-state index in [0.717, 1.165) is 6.08 Å². The lowest BCUT2D eigenvalue weighted by molar-refractivity contribution is -0.389. The van der Waals surface area contributed by atoms with Crippen molar-refractivity contribution < 1.29 is 24.4 Å². The fraction of sp³-hybridized carbons (Fsp3) is 0.571. The molecule has 0 aliphatic heterocycles. The van der Waals surface area contributed by atoms with Crippen LogP contribution in [0.3, 0.4) is 0 Å². The van der Waals surface area contributed by atoms with Gasteiger partial charge in [0.15, 0.2) is 6.29 Å². The lowest BCUT2D eigenvalue weighted by atomic mass is 10.5. The van der Waals surface area contributed by atoms with E-state index < -0.39 is 12.4 Å². The molecule has 70 valence electrons. The Morgan fingerprint density at radius 1 is 1.50 bits per heavy atom. The Bertz CT molecular complexity index is 154. The predicted molar refractivity (Wildman–Crippen MR) is 37.8 cm³/mol. The van der Waals surface area contributed by atoms with Crippen LogP contribution >= 0.6 is 0 Å². The Morgan fingerprint density at radius 2 is 2.08 bits per heavy atom. The van der Waals surface area contributed by atoms with Crippen molar-refractivity contribution in [1.29, 1.82) is 0 Å². The van der Waals surface area contributed by atoms with Gasteiger partial charge >= 0.3 is 0 Å². The van der Waals surface area contributed by atoms with Crippen molar-refractivity contribution in [2.75, 3.05) is 0 Å². The third-order valence-electron chi connectivity index (χ3n) is 0.748. The molecule has 0 aliphatic rings. The highest BCUT2D eigenvalue weighted by Gasteiger charge is 2.04. The summed E-state index contributed by atoms with van der Waals surface area (Å²) in [5.41, 5.74) is 0. The average molecular weight is 175 g/mol. The molecule has 0 radical (unpaired) electrons. The van der Waals surface area contributed by atoms with Gasteiger partial charge in [0.2, 0.25) is 0 Å². The van der Waals surface area contributed by atoms with Gasteiger partial charge in [0, 0.05) is 0 Å². The largest absolute Gasteiger partial charge is 0.514 e. The summed E-state index contributed by atoms with van der Waals surface area (Å²) in [6.07, 6.45) is -1.87. The van der Waals surface area contributed by atoms with Gasteiger partial charge < -0.3 is 14.6 Å². The minimum Gasteiger partial charge on any atom is -0.514 e. The molecule has 0 amide bonds. The SMILES string of the molecule is C=CC(OOC(C)C)OC(=O)[O-]. The second-order valence-corrected chi connectivity index (χ2v) is 2.21. The lowest BCUT2D eigenvalue weighted by Gasteiger charge is -2.18. The second kappa shape index (κ2) is 5.56. The van der Waals surface area contributed by atoms with Crippen LogP contribution in [0.15, 0.2) is 12.7 Å². The summed E-state index contributed by atoms with van der Waals surface area (Å²) in [5.74, 6) is 0. The number of carboxylic acid groups (broad SMARTS) is 1. The van der Waals surface area contributed by atoms with Crippen molar-refractivity contribution in [1.82, 2.24) is 0 Å². The zero-order chi connectivity index (χ0) is 9.56. The normalized spacial score (nSPS) is 12.6. The van der Waals surface area contributed by atoms with E-state index in [1.54, 1.807) is 13.8 Å². The van der Waals surface area contributed by atoms with Crippen LogP contribution in [0.1, 0.15) is 13.8 Å². The zero-order valence-corrected chi connectivity index (χ0v) is 6.98. The fourth-order valence-corrected chi connectivity index (χ4v) is 0.368. The number of carbonyl (C=O) groups excluding carboxylic acids is 1. The van der Waals surface area contributed by atoms with Gasteiger partial charge in [0.05, 0.1) is 6.10 Å². The highest BCUT2D eigenvalue weighted by molar-refractivity contribution is 5.54. The summed E-state index contributed by atoms with van der Waals surface area (Å²) >= 11 is 0. The molecule has 0 aromatic carbocycles. The van der Waals surface area contributed by atoms with Crippen molar-refractivity contribution in [3.8, 4) is 0 Å². The van der Waals surface area contributed by atoms with Gasteiger partial charge in [-0.1, -0.05) is 6.58 Å². The summed E-state index contributed by atoms with van der Waals surface area (Å²) in [4.78, 5) is 19.0. The van der Waals surface area contributed by atoms with Crippen molar-refractivity contribution in [2.45, 2.75) is 26.2 Å². The Kier molecular flexibility index (Phi) is 5.07. The number of carbonyl (C=O) groups is 1. The molecular formula is C7H11O5-. The standard InChI is InChI=1S/C7H12O5/c1-4-6(10-7(8)9)12-11-5(2)3/h4-6H,1H2,2-3H3,(H,8,9)/p-1. The first-order valence-corrected chi connectivity index (χ1v) is 3.38. The van der Waals surface area contributed by atoms with E-state index in [0.29, 0.717) is 0 Å². The van der Waals surface area contributed by atoms with Crippen LogP contribution in [0.5, 0.6) is 0 Å². The van der Waals surface area contributed by atoms with E-state index in [1.807, 2.05) is 0 Å². The van der Waals surface area contributed by atoms with E-state index in [2.05, 4.69) is 21.1 Å². The summed E-state index contributed by atoms with van der Waals surface area (Å²) in [7, 11) is 0. The molecule has 0 saturated carbocycles. The predicted octanol–water partition coefficient (Wildman–Crippen LogP) is 0.215. The van der Waals surface area contributed by atoms with Gasteiger partial charge in [-0.25, -0.2) is 9.78 Å². The molecule has 0 fully saturated rings. The molecule has 0 N–H and O–H groups in total. The van der Waals surface area contributed by atoms with E-state index in [4.69, 9.17) is 0 Å². The molecule has 0 aliphatic carbocycles.